The second-order valence-corrected chi connectivity index (χ2v) is 4.85. The van der Waals surface area contributed by atoms with Gasteiger partial charge in [-0.1, -0.05) is 42.5 Å². The summed E-state index contributed by atoms with van der Waals surface area (Å²) in [6, 6.07) is 15.1. The van der Waals surface area contributed by atoms with Crippen LogP contribution >= 0.6 is 0 Å². The summed E-state index contributed by atoms with van der Waals surface area (Å²) >= 11 is 0. The maximum absolute atomic E-state index is 12.2. The Hall–Kier alpha value is -3.08. The number of hydrogen-bond acceptors (Lipinski definition) is 4. The maximum atomic E-state index is 12.2. The molecule has 108 valence electrons. The summed E-state index contributed by atoms with van der Waals surface area (Å²) in [4.78, 5) is 36.6. The fourth-order valence-corrected chi connectivity index (χ4v) is 2.29. The Labute approximate surface area is 125 Å². The van der Waals surface area contributed by atoms with Gasteiger partial charge >= 0.3 is 0 Å². The van der Waals surface area contributed by atoms with Gasteiger partial charge in [0.2, 0.25) is 10.9 Å². The molecule has 3 aromatic carbocycles. The molecule has 0 aliphatic carbocycles. The second kappa shape index (κ2) is 5.37. The summed E-state index contributed by atoms with van der Waals surface area (Å²) in [5.74, 6) is -0.385. The van der Waals surface area contributed by atoms with E-state index >= 15 is 0 Å². The van der Waals surface area contributed by atoms with Crippen molar-refractivity contribution in [2.45, 2.75) is 0 Å². The summed E-state index contributed by atoms with van der Waals surface area (Å²) in [6.45, 7) is 0. The van der Waals surface area contributed by atoms with Crippen LogP contribution in [0.4, 0.5) is 0 Å². The Morgan fingerprint density at radius 3 is 1.91 bits per heavy atom. The number of carbonyl (C=O) groups excluding carboxylic acids is 1. The minimum absolute atomic E-state index is 0.229. The third-order valence-corrected chi connectivity index (χ3v) is 3.41. The molecule has 3 rings (SSSR count). The van der Waals surface area contributed by atoms with Gasteiger partial charge in [-0.25, -0.2) is 5.01 Å². The smallest absolute Gasteiger partial charge is 0.273 e. The van der Waals surface area contributed by atoms with Crippen LogP contribution in [-0.4, -0.2) is 18.0 Å². The average molecular weight is 292 g/mol. The molecular formula is C17H12N2O3. The number of amides is 1. The van der Waals surface area contributed by atoms with Crippen LogP contribution in [0.3, 0.4) is 0 Å². The SMILES string of the molecule is CN(N=c1c(=O)c2ccccc2c1=O)C(=O)c1ccccc1. The first-order valence-electron chi connectivity index (χ1n) is 6.69. The van der Waals surface area contributed by atoms with Crippen LogP contribution in [0.2, 0.25) is 0 Å². The van der Waals surface area contributed by atoms with Gasteiger partial charge in [0, 0.05) is 23.4 Å². The van der Waals surface area contributed by atoms with Gasteiger partial charge in [0.05, 0.1) is 0 Å². The van der Waals surface area contributed by atoms with Gasteiger partial charge in [0.15, 0.2) is 5.36 Å². The summed E-state index contributed by atoms with van der Waals surface area (Å²) in [6.07, 6.45) is 0. The Morgan fingerprint density at radius 2 is 1.36 bits per heavy atom. The highest BCUT2D eigenvalue weighted by Gasteiger charge is 2.14. The van der Waals surface area contributed by atoms with E-state index in [4.69, 9.17) is 0 Å². The fourth-order valence-electron chi connectivity index (χ4n) is 2.29. The summed E-state index contributed by atoms with van der Waals surface area (Å²) in [5, 5.41) is 5.37. The molecule has 3 aromatic rings. The lowest BCUT2D eigenvalue weighted by Gasteiger charge is -2.09. The largest absolute Gasteiger partial charge is 0.287 e. The monoisotopic (exact) mass is 292 g/mol. The van der Waals surface area contributed by atoms with Crippen LogP contribution in [-0.2, 0) is 0 Å². The molecule has 1 amide bonds. The van der Waals surface area contributed by atoms with Crippen LogP contribution in [0, 0.1) is 0 Å². The highest BCUT2D eigenvalue weighted by atomic mass is 16.2. The van der Waals surface area contributed by atoms with Crippen molar-refractivity contribution in [2.75, 3.05) is 7.05 Å². The molecule has 0 saturated heterocycles. The zero-order valence-corrected chi connectivity index (χ0v) is 11.8. The number of rotatable bonds is 2. The van der Waals surface area contributed by atoms with Gasteiger partial charge < -0.3 is 0 Å². The predicted octanol–water partition coefficient (Wildman–Crippen LogP) is 1.02. The summed E-state index contributed by atoms with van der Waals surface area (Å²) in [7, 11) is 1.42. The number of benzene rings is 2. The molecular weight excluding hydrogens is 280 g/mol. The topological polar surface area (TPSA) is 66.8 Å². The summed E-state index contributed by atoms with van der Waals surface area (Å²) < 4.78 is 0. The van der Waals surface area contributed by atoms with E-state index in [9.17, 15) is 14.4 Å². The third-order valence-electron chi connectivity index (χ3n) is 3.41. The Kier molecular flexibility index (Phi) is 3.39. The van der Waals surface area contributed by atoms with Crippen molar-refractivity contribution >= 4 is 16.7 Å². The molecule has 22 heavy (non-hydrogen) atoms. The lowest BCUT2D eigenvalue weighted by molar-refractivity contribution is 0.0793. The highest BCUT2D eigenvalue weighted by molar-refractivity contribution is 5.93. The maximum Gasteiger partial charge on any atom is 0.273 e. The molecule has 0 atom stereocenters. The number of fused-ring (bicyclic) bond motifs is 1. The van der Waals surface area contributed by atoms with Crippen molar-refractivity contribution in [1.29, 1.82) is 0 Å². The van der Waals surface area contributed by atoms with Crippen molar-refractivity contribution in [3.8, 4) is 0 Å². The predicted molar refractivity (Wildman–Crippen MR) is 83.0 cm³/mol. The van der Waals surface area contributed by atoms with E-state index in [0.717, 1.165) is 5.01 Å². The standard InChI is InChI=1S/C17H12N2O3/c1-19(17(22)11-7-3-2-4-8-11)18-14-15(20)12-9-5-6-10-13(12)16(14)21/h2-10H,1H3. The van der Waals surface area contributed by atoms with Crippen LogP contribution in [0.5, 0.6) is 0 Å². The number of nitrogens with zero attached hydrogens (tertiary/aromatic N) is 2. The van der Waals surface area contributed by atoms with E-state index < -0.39 is 10.9 Å². The van der Waals surface area contributed by atoms with E-state index in [1.165, 1.54) is 7.05 Å². The van der Waals surface area contributed by atoms with Crippen LogP contribution < -0.4 is 16.2 Å². The van der Waals surface area contributed by atoms with E-state index in [0.29, 0.717) is 16.3 Å². The van der Waals surface area contributed by atoms with Gasteiger partial charge in [-0.3, -0.25) is 14.4 Å². The van der Waals surface area contributed by atoms with Gasteiger partial charge in [0.1, 0.15) is 0 Å². The van der Waals surface area contributed by atoms with Gasteiger partial charge in [-0.05, 0) is 12.1 Å². The normalized spacial score (nSPS) is 10.6. The molecule has 0 aliphatic rings. The van der Waals surface area contributed by atoms with Crippen LogP contribution in [0.1, 0.15) is 10.4 Å². The van der Waals surface area contributed by atoms with E-state index in [1.54, 1.807) is 54.6 Å². The quantitative estimate of drug-likeness (QED) is 0.662. The Bertz CT molecular complexity index is 950. The average Bonchev–Trinajstić information content (AvgIpc) is 2.80. The molecule has 0 radical (unpaired) electrons. The molecule has 0 N–H and O–H groups in total. The molecule has 5 heteroatoms. The molecule has 0 fully saturated rings. The van der Waals surface area contributed by atoms with Crippen molar-refractivity contribution in [1.82, 2.24) is 5.01 Å². The van der Waals surface area contributed by atoms with E-state index in [2.05, 4.69) is 5.10 Å². The first-order chi connectivity index (χ1) is 10.6. The number of carbonyl (C=O) groups is 1. The molecule has 0 aromatic heterocycles. The van der Waals surface area contributed by atoms with Crippen LogP contribution in [0.15, 0.2) is 69.3 Å². The van der Waals surface area contributed by atoms with E-state index in [-0.39, 0.29) is 11.3 Å². The summed E-state index contributed by atoms with van der Waals surface area (Å²) in [5.41, 5.74) is -0.466. The van der Waals surface area contributed by atoms with Crippen molar-refractivity contribution in [2.24, 2.45) is 5.10 Å². The van der Waals surface area contributed by atoms with Crippen molar-refractivity contribution < 1.29 is 4.79 Å². The Balaban J connectivity index is 2.12. The third kappa shape index (κ3) is 2.22. The van der Waals surface area contributed by atoms with E-state index in [1.807, 2.05) is 0 Å². The van der Waals surface area contributed by atoms with Crippen molar-refractivity contribution in [3.63, 3.8) is 0 Å². The first kappa shape index (κ1) is 13.9. The lowest BCUT2D eigenvalue weighted by Crippen LogP contribution is -2.36. The lowest BCUT2D eigenvalue weighted by atomic mass is 10.2. The molecule has 5 nitrogen and oxygen atoms in total. The first-order valence-corrected chi connectivity index (χ1v) is 6.69. The highest BCUT2D eigenvalue weighted by Crippen LogP contribution is 2.04. The molecule has 0 aliphatic heterocycles. The van der Waals surface area contributed by atoms with Gasteiger partial charge in [-0.15, -0.1) is 0 Å². The molecule has 0 bridgehead atoms. The Morgan fingerprint density at radius 1 is 0.864 bits per heavy atom. The molecule has 0 unspecified atom stereocenters. The molecule has 0 spiro atoms. The van der Waals surface area contributed by atoms with Crippen molar-refractivity contribution in [3.05, 3.63) is 86.0 Å². The second-order valence-electron chi connectivity index (χ2n) is 4.85. The van der Waals surface area contributed by atoms with Gasteiger partial charge in [0.25, 0.3) is 5.91 Å². The minimum atomic E-state index is -0.451. The minimum Gasteiger partial charge on any atom is -0.287 e. The van der Waals surface area contributed by atoms with Crippen LogP contribution in [0.25, 0.3) is 10.8 Å². The zero-order chi connectivity index (χ0) is 15.7. The zero-order valence-electron chi connectivity index (χ0n) is 11.8. The fraction of sp³-hybridized carbons (Fsp3) is 0.0588. The molecule has 0 saturated carbocycles. The number of hydrogen-bond donors (Lipinski definition) is 0. The molecule has 0 heterocycles. The van der Waals surface area contributed by atoms with Gasteiger partial charge in [-0.2, -0.15) is 5.10 Å².